The molecule has 82 valence electrons. The maximum atomic E-state index is 11.5. The van der Waals surface area contributed by atoms with Gasteiger partial charge in [0.05, 0.1) is 0 Å². The largest absolute Gasteiger partial charge is 0.376 e. The fourth-order valence-electron chi connectivity index (χ4n) is 1.75. The molecule has 0 spiro atoms. The first kappa shape index (κ1) is 11.3. The van der Waals surface area contributed by atoms with Gasteiger partial charge in [-0.1, -0.05) is 13.8 Å². The molecule has 0 aliphatic carbocycles. The third-order valence-electron chi connectivity index (χ3n) is 2.88. The molecule has 1 rings (SSSR count). The summed E-state index contributed by atoms with van der Waals surface area (Å²) in [4.78, 5) is 14.2. The number of nitrogens with zero attached hydrogens (tertiary/aromatic N) is 2. The molecule has 0 aromatic rings. The van der Waals surface area contributed by atoms with Gasteiger partial charge >= 0.3 is 6.03 Å². The van der Waals surface area contributed by atoms with Crippen LogP contribution in [0.1, 0.15) is 20.3 Å². The Labute approximate surface area is 83.9 Å². The number of hydrogen-bond donors (Lipinski definition) is 2. The molecule has 14 heavy (non-hydrogen) atoms. The van der Waals surface area contributed by atoms with Gasteiger partial charge in [-0.05, 0) is 6.42 Å². The van der Waals surface area contributed by atoms with Crippen molar-refractivity contribution in [1.82, 2.24) is 9.80 Å². The first-order valence-corrected chi connectivity index (χ1v) is 4.82. The number of carbonyl (C=O) groups is 1. The zero-order valence-corrected chi connectivity index (χ0v) is 8.73. The number of carbonyl (C=O) groups excluding carboxylic acids is 1. The normalized spacial score (nSPS) is 21.6. The molecule has 0 radical (unpaired) electrons. The van der Waals surface area contributed by atoms with Gasteiger partial charge in [0.1, 0.15) is 13.5 Å². The highest BCUT2D eigenvalue weighted by Gasteiger charge is 2.37. The summed E-state index contributed by atoms with van der Waals surface area (Å²) in [6.45, 7) is 4.62. The average molecular weight is 202 g/mol. The molecule has 2 amide bonds. The number of rotatable bonds is 3. The predicted molar refractivity (Wildman–Crippen MR) is 51.4 cm³/mol. The molecule has 0 saturated carbocycles. The van der Waals surface area contributed by atoms with Crippen molar-refractivity contribution >= 4 is 6.03 Å². The van der Waals surface area contributed by atoms with Gasteiger partial charge in [-0.2, -0.15) is 0 Å². The van der Waals surface area contributed by atoms with Crippen LogP contribution in [0.3, 0.4) is 0 Å². The molecule has 5 nitrogen and oxygen atoms in total. The van der Waals surface area contributed by atoms with E-state index in [-0.39, 0.29) is 24.9 Å². The van der Waals surface area contributed by atoms with Crippen molar-refractivity contribution in [3.8, 4) is 0 Å². The Balaban J connectivity index is 2.78. The van der Waals surface area contributed by atoms with Crippen LogP contribution in [0.25, 0.3) is 0 Å². The number of amides is 2. The molecule has 0 atom stereocenters. The van der Waals surface area contributed by atoms with Gasteiger partial charge in [0.25, 0.3) is 0 Å². The first-order valence-electron chi connectivity index (χ1n) is 4.82. The van der Waals surface area contributed by atoms with Crippen LogP contribution in [0, 0.1) is 5.41 Å². The molecule has 2 N–H and O–H groups in total. The van der Waals surface area contributed by atoms with Crippen molar-refractivity contribution in [2.24, 2.45) is 5.41 Å². The Hall–Kier alpha value is -0.810. The maximum Gasteiger partial charge on any atom is 0.323 e. The van der Waals surface area contributed by atoms with E-state index in [9.17, 15) is 4.79 Å². The summed E-state index contributed by atoms with van der Waals surface area (Å²) < 4.78 is 0. The third kappa shape index (κ3) is 1.99. The summed E-state index contributed by atoms with van der Waals surface area (Å²) in [5, 5.41) is 18.0. The minimum absolute atomic E-state index is 0.0423. The minimum Gasteiger partial charge on any atom is -0.376 e. The second kappa shape index (κ2) is 4.14. The van der Waals surface area contributed by atoms with Crippen LogP contribution in [0.5, 0.6) is 0 Å². The van der Waals surface area contributed by atoms with E-state index in [4.69, 9.17) is 10.2 Å². The molecular formula is C9H18N2O3. The van der Waals surface area contributed by atoms with Gasteiger partial charge in [-0.15, -0.1) is 0 Å². The Kier molecular flexibility index (Phi) is 3.34. The van der Waals surface area contributed by atoms with Gasteiger partial charge in [0.2, 0.25) is 0 Å². The highest BCUT2D eigenvalue weighted by atomic mass is 16.3. The van der Waals surface area contributed by atoms with Crippen molar-refractivity contribution in [2.45, 2.75) is 20.3 Å². The maximum absolute atomic E-state index is 11.5. The number of aliphatic hydroxyl groups excluding tert-OH is 2. The molecule has 1 aliphatic rings. The lowest BCUT2D eigenvalue weighted by atomic mass is 9.85. The van der Waals surface area contributed by atoms with Crippen molar-refractivity contribution in [2.75, 3.05) is 26.6 Å². The Morgan fingerprint density at radius 3 is 2.00 bits per heavy atom. The van der Waals surface area contributed by atoms with Crippen LogP contribution in [0.2, 0.25) is 0 Å². The second-order valence-corrected chi connectivity index (χ2v) is 4.13. The van der Waals surface area contributed by atoms with Crippen molar-refractivity contribution < 1.29 is 15.0 Å². The van der Waals surface area contributed by atoms with Crippen LogP contribution in [-0.2, 0) is 0 Å². The van der Waals surface area contributed by atoms with Gasteiger partial charge < -0.3 is 20.0 Å². The topological polar surface area (TPSA) is 64.0 Å². The summed E-state index contributed by atoms with van der Waals surface area (Å²) in [5.74, 6) is 0. The summed E-state index contributed by atoms with van der Waals surface area (Å²) >= 11 is 0. The van der Waals surface area contributed by atoms with Gasteiger partial charge in [-0.25, -0.2) is 4.79 Å². The van der Waals surface area contributed by atoms with Crippen LogP contribution in [0.4, 0.5) is 4.79 Å². The van der Waals surface area contributed by atoms with Crippen LogP contribution >= 0.6 is 0 Å². The SMILES string of the molecule is CCC1(C)CN(CO)C(=O)N(CO)C1. The van der Waals surface area contributed by atoms with E-state index in [1.165, 1.54) is 9.80 Å². The molecular weight excluding hydrogens is 184 g/mol. The predicted octanol–water partition coefficient (Wildman–Crippen LogP) is 0.0399. The summed E-state index contributed by atoms with van der Waals surface area (Å²) in [6, 6.07) is -0.291. The molecule has 5 heteroatoms. The first-order chi connectivity index (χ1) is 6.56. The Morgan fingerprint density at radius 2 is 1.71 bits per heavy atom. The summed E-state index contributed by atoms with van der Waals surface area (Å²) in [7, 11) is 0. The van der Waals surface area contributed by atoms with Gasteiger partial charge in [0.15, 0.2) is 0 Å². The van der Waals surface area contributed by atoms with Crippen LogP contribution < -0.4 is 0 Å². The lowest BCUT2D eigenvalue weighted by Crippen LogP contribution is -2.57. The number of hydrogen-bond acceptors (Lipinski definition) is 3. The van der Waals surface area contributed by atoms with E-state index in [0.717, 1.165) is 6.42 Å². The average Bonchev–Trinajstić information content (AvgIpc) is 2.21. The zero-order chi connectivity index (χ0) is 10.8. The summed E-state index contributed by atoms with van der Waals surface area (Å²) in [5.41, 5.74) is -0.0423. The summed E-state index contributed by atoms with van der Waals surface area (Å²) in [6.07, 6.45) is 0.910. The van der Waals surface area contributed by atoms with E-state index >= 15 is 0 Å². The molecule has 1 heterocycles. The van der Waals surface area contributed by atoms with E-state index in [0.29, 0.717) is 13.1 Å². The Bertz CT molecular complexity index is 204. The Morgan fingerprint density at radius 1 is 1.29 bits per heavy atom. The van der Waals surface area contributed by atoms with Gasteiger partial charge in [0, 0.05) is 18.5 Å². The van der Waals surface area contributed by atoms with Crippen LogP contribution in [0.15, 0.2) is 0 Å². The fraction of sp³-hybridized carbons (Fsp3) is 0.889. The fourth-order valence-corrected chi connectivity index (χ4v) is 1.75. The quantitative estimate of drug-likeness (QED) is 0.679. The lowest BCUT2D eigenvalue weighted by molar-refractivity contribution is -0.00659. The molecule has 1 aliphatic heterocycles. The van der Waals surface area contributed by atoms with E-state index in [1.54, 1.807) is 0 Å². The molecule has 1 saturated heterocycles. The third-order valence-corrected chi connectivity index (χ3v) is 2.88. The van der Waals surface area contributed by atoms with E-state index < -0.39 is 0 Å². The van der Waals surface area contributed by atoms with E-state index in [2.05, 4.69) is 0 Å². The molecule has 0 bridgehead atoms. The lowest BCUT2D eigenvalue weighted by Gasteiger charge is -2.44. The smallest absolute Gasteiger partial charge is 0.323 e. The van der Waals surface area contributed by atoms with Crippen molar-refractivity contribution in [1.29, 1.82) is 0 Å². The monoisotopic (exact) mass is 202 g/mol. The standard InChI is InChI=1S/C9H18N2O3/c1-3-9(2)4-10(6-12)8(14)11(5-9)7-13/h12-13H,3-7H2,1-2H3. The molecule has 0 aromatic heterocycles. The number of aliphatic hydroxyl groups is 2. The zero-order valence-electron chi connectivity index (χ0n) is 8.73. The molecule has 0 unspecified atom stereocenters. The van der Waals surface area contributed by atoms with Crippen molar-refractivity contribution in [3.63, 3.8) is 0 Å². The van der Waals surface area contributed by atoms with Gasteiger partial charge in [-0.3, -0.25) is 0 Å². The highest BCUT2D eigenvalue weighted by Crippen LogP contribution is 2.28. The van der Waals surface area contributed by atoms with Crippen molar-refractivity contribution in [3.05, 3.63) is 0 Å². The highest BCUT2D eigenvalue weighted by molar-refractivity contribution is 5.75. The second-order valence-electron chi connectivity index (χ2n) is 4.13. The van der Waals surface area contributed by atoms with E-state index in [1.807, 2.05) is 13.8 Å². The van der Waals surface area contributed by atoms with Crippen LogP contribution in [-0.4, -0.2) is 52.6 Å². The molecule has 1 fully saturated rings. The molecule has 0 aromatic carbocycles. The minimum atomic E-state index is -0.291. The number of urea groups is 1.